The molecule has 0 spiro atoms. The zero-order chi connectivity index (χ0) is 17.0. The van der Waals surface area contributed by atoms with E-state index in [9.17, 15) is 14.4 Å². The molecule has 0 radical (unpaired) electrons. The van der Waals surface area contributed by atoms with E-state index in [1.807, 2.05) is 27.7 Å². The predicted molar refractivity (Wildman–Crippen MR) is 85.7 cm³/mol. The molecule has 6 heteroatoms. The molecule has 0 bridgehead atoms. The SMILES string of the molecule is CCC[C@]12CCCN1C(=O)N([C@@H]1CC(=O)N(C(C)(C)C)C1)C2=O. The average Bonchev–Trinajstić information content (AvgIpc) is 3.07. The lowest BCUT2D eigenvalue weighted by Gasteiger charge is -2.32. The summed E-state index contributed by atoms with van der Waals surface area (Å²) in [6.07, 6.45) is 3.50. The molecular weight excluding hydrogens is 294 g/mol. The van der Waals surface area contributed by atoms with Crippen LogP contribution in [0.2, 0.25) is 0 Å². The molecular formula is C17H27N3O3. The number of hydrogen-bond acceptors (Lipinski definition) is 3. The zero-order valence-electron chi connectivity index (χ0n) is 14.6. The summed E-state index contributed by atoms with van der Waals surface area (Å²) in [5, 5.41) is 0. The van der Waals surface area contributed by atoms with Gasteiger partial charge in [-0.25, -0.2) is 4.79 Å². The third-order valence-corrected chi connectivity index (χ3v) is 5.49. The van der Waals surface area contributed by atoms with Gasteiger partial charge >= 0.3 is 6.03 Å². The molecule has 0 aromatic carbocycles. The average molecular weight is 321 g/mol. The summed E-state index contributed by atoms with van der Waals surface area (Å²) in [5.41, 5.74) is -0.918. The summed E-state index contributed by atoms with van der Waals surface area (Å²) >= 11 is 0. The minimum absolute atomic E-state index is 0.0275. The van der Waals surface area contributed by atoms with Gasteiger partial charge in [-0.2, -0.15) is 0 Å². The highest BCUT2D eigenvalue weighted by atomic mass is 16.2. The molecule has 3 rings (SSSR count). The van der Waals surface area contributed by atoms with Gasteiger partial charge < -0.3 is 9.80 Å². The van der Waals surface area contributed by atoms with Crippen molar-refractivity contribution in [1.29, 1.82) is 0 Å². The normalized spacial score (nSPS) is 31.6. The van der Waals surface area contributed by atoms with Gasteiger partial charge in [0.25, 0.3) is 5.91 Å². The van der Waals surface area contributed by atoms with Gasteiger partial charge in [-0.15, -0.1) is 0 Å². The molecule has 3 aliphatic heterocycles. The molecule has 0 aromatic rings. The lowest BCUT2D eigenvalue weighted by atomic mass is 9.90. The van der Waals surface area contributed by atoms with Crippen molar-refractivity contribution in [2.75, 3.05) is 13.1 Å². The first kappa shape index (κ1) is 16.3. The number of rotatable bonds is 3. The van der Waals surface area contributed by atoms with E-state index in [1.54, 1.807) is 9.80 Å². The lowest BCUT2D eigenvalue weighted by molar-refractivity contribution is -0.134. The van der Waals surface area contributed by atoms with Crippen LogP contribution in [0.5, 0.6) is 0 Å². The molecule has 3 fully saturated rings. The van der Waals surface area contributed by atoms with Crippen molar-refractivity contribution in [3.8, 4) is 0 Å². The fraction of sp³-hybridized carbons (Fsp3) is 0.824. The van der Waals surface area contributed by atoms with E-state index >= 15 is 0 Å². The summed E-state index contributed by atoms with van der Waals surface area (Å²) in [4.78, 5) is 43.2. The van der Waals surface area contributed by atoms with Gasteiger partial charge in [0.15, 0.2) is 0 Å². The molecule has 23 heavy (non-hydrogen) atoms. The molecule has 4 amide bonds. The Balaban J connectivity index is 1.86. The van der Waals surface area contributed by atoms with Gasteiger partial charge in [0.1, 0.15) is 5.54 Å². The first-order valence-electron chi connectivity index (χ1n) is 8.68. The van der Waals surface area contributed by atoms with Gasteiger partial charge in [0, 0.05) is 25.0 Å². The van der Waals surface area contributed by atoms with E-state index in [0.29, 0.717) is 13.1 Å². The summed E-state index contributed by atoms with van der Waals surface area (Å²) in [6, 6.07) is -0.504. The maximum absolute atomic E-state index is 13.1. The number of likely N-dealkylation sites (tertiary alicyclic amines) is 1. The molecule has 2 atom stereocenters. The van der Waals surface area contributed by atoms with E-state index < -0.39 is 5.54 Å². The number of carbonyl (C=O) groups excluding carboxylic acids is 3. The van der Waals surface area contributed by atoms with Gasteiger partial charge in [-0.3, -0.25) is 14.5 Å². The van der Waals surface area contributed by atoms with Gasteiger partial charge in [-0.1, -0.05) is 13.3 Å². The van der Waals surface area contributed by atoms with Gasteiger partial charge in [0.05, 0.1) is 6.04 Å². The van der Waals surface area contributed by atoms with Gasteiger partial charge in [-0.05, 0) is 40.0 Å². The third-order valence-electron chi connectivity index (χ3n) is 5.49. The van der Waals surface area contributed by atoms with Crippen LogP contribution in [-0.2, 0) is 9.59 Å². The molecule has 0 saturated carbocycles. The monoisotopic (exact) mass is 321 g/mol. The maximum atomic E-state index is 13.1. The van der Waals surface area contributed by atoms with Crippen molar-refractivity contribution in [2.24, 2.45) is 0 Å². The molecule has 128 valence electrons. The summed E-state index contributed by atoms with van der Waals surface area (Å²) in [5.74, 6) is -0.0462. The standard InChI is InChI=1S/C17H27N3O3/c1-5-7-17-8-6-9-18(17)15(23)20(14(17)22)12-10-13(21)19(11-12)16(2,3)4/h12H,5-11H2,1-4H3/t12-,17-/m1/s1. The number of hydrogen-bond donors (Lipinski definition) is 0. The maximum Gasteiger partial charge on any atom is 0.328 e. The van der Waals surface area contributed by atoms with E-state index in [2.05, 4.69) is 0 Å². The topological polar surface area (TPSA) is 60.9 Å². The van der Waals surface area contributed by atoms with Crippen LogP contribution in [0.1, 0.15) is 59.8 Å². The number of carbonyl (C=O) groups is 3. The smallest absolute Gasteiger partial charge is 0.328 e. The fourth-order valence-corrected chi connectivity index (χ4v) is 4.43. The predicted octanol–water partition coefficient (Wildman–Crippen LogP) is 1.98. The van der Waals surface area contributed by atoms with Crippen LogP contribution in [0.25, 0.3) is 0 Å². The number of nitrogens with zero attached hydrogens (tertiary/aromatic N) is 3. The summed E-state index contributed by atoms with van der Waals surface area (Å²) in [7, 11) is 0. The highest BCUT2D eigenvalue weighted by Crippen LogP contribution is 2.43. The summed E-state index contributed by atoms with van der Waals surface area (Å²) in [6.45, 7) is 9.11. The third kappa shape index (κ3) is 2.25. The minimum atomic E-state index is -0.635. The first-order valence-corrected chi connectivity index (χ1v) is 8.68. The van der Waals surface area contributed by atoms with Gasteiger partial charge in [0.2, 0.25) is 5.91 Å². The second-order valence-corrected chi connectivity index (χ2v) is 8.03. The number of urea groups is 1. The highest BCUT2D eigenvalue weighted by molar-refractivity contribution is 6.08. The Morgan fingerprint density at radius 3 is 2.48 bits per heavy atom. The fourth-order valence-electron chi connectivity index (χ4n) is 4.43. The van der Waals surface area contributed by atoms with Crippen LogP contribution in [0.3, 0.4) is 0 Å². The Labute approximate surface area is 137 Å². The molecule has 0 N–H and O–H groups in total. The minimum Gasteiger partial charge on any atom is -0.336 e. The molecule has 0 aromatic heterocycles. The Kier molecular flexibility index (Phi) is 3.69. The van der Waals surface area contributed by atoms with Crippen LogP contribution in [0.4, 0.5) is 4.79 Å². The van der Waals surface area contributed by atoms with Crippen molar-refractivity contribution in [3.05, 3.63) is 0 Å². The Morgan fingerprint density at radius 1 is 1.22 bits per heavy atom. The van der Waals surface area contributed by atoms with Crippen molar-refractivity contribution in [3.63, 3.8) is 0 Å². The number of amides is 4. The van der Waals surface area contributed by atoms with Crippen LogP contribution >= 0.6 is 0 Å². The van der Waals surface area contributed by atoms with Crippen LogP contribution < -0.4 is 0 Å². The van der Waals surface area contributed by atoms with E-state index in [4.69, 9.17) is 0 Å². The highest BCUT2D eigenvalue weighted by Gasteiger charge is 2.61. The summed E-state index contributed by atoms with van der Waals surface area (Å²) < 4.78 is 0. The second-order valence-electron chi connectivity index (χ2n) is 8.03. The van der Waals surface area contributed by atoms with E-state index in [0.717, 1.165) is 25.7 Å². The lowest BCUT2D eigenvalue weighted by Crippen LogP contribution is -2.48. The molecule has 3 saturated heterocycles. The van der Waals surface area contributed by atoms with E-state index in [1.165, 1.54) is 4.90 Å². The van der Waals surface area contributed by atoms with Crippen molar-refractivity contribution >= 4 is 17.8 Å². The molecule has 0 unspecified atom stereocenters. The number of fused-ring (bicyclic) bond motifs is 1. The van der Waals surface area contributed by atoms with Crippen molar-refractivity contribution in [1.82, 2.24) is 14.7 Å². The van der Waals surface area contributed by atoms with E-state index in [-0.39, 0.29) is 35.8 Å². The molecule has 3 aliphatic rings. The Morgan fingerprint density at radius 2 is 1.91 bits per heavy atom. The number of imide groups is 1. The Bertz CT molecular complexity index is 554. The zero-order valence-corrected chi connectivity index (χ0v) is 14.6. The quantitative estimate of drug-likeness (QED) is 0.747. The molecule has 0 aliphatic carbocycles. The molecule has 6 nitrogen and oxygen atoms in total. The van der Waals surface area contributed by atoms with Crippen molar-refractivity contribution < 1.29 is 14.4 Å². The van der Waals surface area contributed by atoms with Crippen molar-refractivity contribution in [2.45, 2.75) is 76.9 Å². The van der Waals surface area contributed by atoms with Crippen LogP contribution in [0.15, 0.2) is 0 Å². The first-order chi connectivity index (χ1) is 10.7. The van der Waals surface area contributed by atoms with Crippen LogP contribution in [0, 0.1) is 0 Å². The molecule has 3 heterocycles. The van der Waals surface area contributed by atoms with Crippen LogP contribution in [-0.4, -0.2) is 62.8 Å². The Hall–Kier alpha value is -1.59. The second kappa shape index (κ2) is 5.21. The largest absolute Gasteiger partial charge is 0.336 e.